The molecule has 2 aromatic carbocycles. The second-order valence-electron chi connectivity index (χ2n) is 8.56. The Balaban J connectivity index is 1.47. The fraction of sp³-hybridized carbons (Fsp3) is 0.333. The van der Waals surface area contributed by atoms with Gasteiger partial charge in [-0.3, -0.25) is 10.2 Å². The van der Waals surface area contributed by atoms with Crippen LogP contribution in [-0.4, -0.2) is 47.0 Å². The predicted molar refractivity (Wildman–Crippen MR) is 119 cm³/mol. The van der Waals surface area contributed by atoms with Gasteiger partial charge in [0.2, 0.25) is 0 Å². The SMILES string of the molecule is N#CN1CCC[C@@H](N2C=C(c3ccc(Oc4ccccc4)c(F)c3)C3C(N)NNC(=O)C32)C1. The summed E-state index contributed by atoms with van der Waals surface area (Å²) >= 11 is 0. The number of carbonyl (C=O) groups is 1. The number of halogens is 1. The zero-order valence-electron chi connectivity index (χ0n) is 17.9. The molecule has 8 nitrogen and oxygen atoms in total. The van der Waals surface area contributed by atoms with Gasteiger partial charge in [0.05, 0.1) is 6.17 Å². The van der Waals surface area contributed by atoms with Gasteiger partial charge in [-0.25, -0.2) is 9.82 Å². The van der Waals surface area contributed by atoms with Crippen LogP contribution in [-0.2, 0) is 4.79 Å². The van der Waals surface area contributed by atoms with Crippen molar-refractivity contribution in [1.82, 2.24) is 20.7 Å². The zero-order chi connectivity index (χ0) is 22.9. The molecule has 3 heterocycles. The summed E-state index contributed by atoms with van der Waals surface area (Å²) in [6.45, 7) is 1.25. The van der Waals surface area contributed by atoms with Gasteiger partial charge in [0, 0.05) is 31.2 Å². The lowest BCUT2D eigenvalue weighted by molar-refractivity contribution is -0.131. The number of hydrogen-bond acceptors (Lipinski definition) is 7. The van der Waals surface area contributed by atoms with Crippen LogP contribution in [0.15, 0.2) is 54.7 Å². The zero-order valence-corrected chi connectivity index (χ0v) is 17.9. The Bertz CT molecular complexity index is 1120. The standard InChI is InChI=1S/C24H25FN6O2/c25-19-11-15(8-9-20(19)33-17-6-2-1-3-7-17)18-13-31(16-5-4-10-30(12-16)14-26)22-21(18)23(27)28-29-24(22)32/h1-3,6-9,11,13,16,21-23,28H,4-5,10,12,27H2,(H,29,32)/t16-,21?,22?,23?/m1/s1. The van der Waals surface area contributed by atoms with Crippen LogP contribution in [0.5, 0.6) is 11.5 Å². The van der Waals surface area contributed by atoms with Crippen LogP contribution in [0.2, 0.25) is 0 Å². The van der Waals surface area contributed by atoms with E-state index in [9.17, 15) is 10.1 Å². The highest BCUT2D eigenvalue weighted by Crippen LogP contribution is 2.41. The first-order valence-electron chi connectivity index (χ1n) is 11.0. The van der Waals surface area contributed by atoms with Crippen LogP contribution in [0.3, 0.4) is 0 Å². The number of rotatable bonds is 4. The molecule has 0 spiro atoms. The van der Waals surface area contributed by atoms with Gasteiger partial charge in [-0.1, -0.05) is 24.3 Å². The van der Waals surface area contributed by atoms with Crippen molar-refractivity contribution in [1.29, 1.82) is 5.26 Å². The van der Waals surface area contributed by atoms with Gasteiger partial charge in [-0.15, -0.1) is 0 Å². The molecule has 33 heavy (non-hydrogen) atoms. The molecule has 3 aliphatic heterocycles. The minimum atomic E-state index is -0.539. The summed E-state index contributed by atoms with van der Waals surface area (Å²) < 4.78 is 20.7. The molecule has 170 valence electrons. The molecule has 2 fully saturated rings. The number of carbonyl (C=O) groups excluding carboxylic acids is 1. The number of benzene rings is 2. The summed E-state index contributed by atoms with van der Waals surface area (Å²) in [5.74, 6) is -0.381. The second kappa shape index (κ2) is 8.73. The van der Waals surface area contributed by atoms with Crippen molar-refractivity contribution in [2.45, 2.75) is 31.1 Å². The third kappa shape index (κ3) is 3.99. The number of piperidine rings is 1. The van der Waals surface area contributed by atoms with E-state index in [0.717, 1.165) is 18.4 Å². The van der Waals surface area contributed by atoms with Crippen molar-refractivity contribution >= 4 is 11.5 Å². The number of amides is 1. The van der Waals surface area contributed by atoms with Gasteiger partial charge in [-0.05, 0) is 48.2 Å². The molecule has 1 amide bonds. The van der Waals surface area contributed by atoms with E-state index in [1.807, 2.05) is 29.3 Å². The number of nitrogens with two attached hydrogens (primary N) is 1. The molecular formula is C24H25FN6O2. The molecule has 2 saturated heterocycles. The summed E-state index contributed by atoms with van der Waals surface area (Å²) in [5, 5.41) is 9.35. The molecule has 0 radical (unpaired) electrons. The van der Waals surface area contributed by atoms with Gasteiger partial charge in [0.15, 0.2) is 17.8 Å². The number of hydrazine groups is 1. The second-order valence-corrected chi connectivity index (χ2v) is 8.56. The number of nitrogens with zero attached hydrogens (tertiary/aromatic N) is 3. The maximum Gasteiger partial charge on any atom is 0.257 e. The van der Waals surface area contributed by atoms with E-state index in [2.05, 4.69) is 17.0 Å². The Labute approximate surface area is 191 Å². The molecule has 0 aliphatic carbocycles. The number of likely N-dealkylation sites (tertiary alicyclic amines) is 1. The average Bonchev–Trinajstić information content (AvgIpc) is 3.26. The van der Waals surface area contributed by atoms with Crippen molar-refractivity contribution in [3.05, 3.63) is 66.1 Å². The lowest BCUT2D eigenvalue weighted by Crippen LogP contribution is -2.67. The van der Waals surface area contributed by atoms with Gasteiger partial charge < -0.3 is 20.3 Å². The summed E-state index contributed by atoms with van der Waals surface area (Å²) in [4.78, 5) is 16.6. The number of nitrogens with one attached hydrogen (secondary N) is 2. The number of hydrogen-bond donors (Lipinski definition) is 3. The lowest BCUT2D eigenvalue weighted by Gasteiger charge is -2.42. The summed E-state index contributed by atoms with van der Waals surface area (Å²) in [6, 6.07) is 13.3. The van der Waals surface area contributed by atoms with Crippen LogP contribution in [0.25, 0.3) is 5.57 Å². The molecule has 0 aromatic heterocycles. The van der Waals surface area contributed by atoms with E-state index in [1.54, 1.807) is 29.2 Å². The molecule has 4 atom stereocenters. The molecule has 4 N–H and O–H groups in total. The highest BCUT2D eigenvalue weighted by molar-refractivity contribution is 5.89. The number of nitriles is 1. The molecule has 0 bridgehead atoms. The van der Waals surface area contributed by atoms with Crippen molar-refractivity contribution in [2.24, 2.45) is 11.7 Å². The van der Waals surface area contributed by atoms with Gasteiger partial charge >= 0.3 is 0 Å². The largest absolute Gasteiger partial charge is 0.454 e. The summed E-state index contributed by atoms with van der Waals surface area (Å²) in [5.41, 5.74) is 13.3. The number of ether oxygens (including phenoxy) is 1. The van der Waals surface area contributed by atoms with E-state index in [1.165, 1.54) is 6.07 Å². The Morgan fingerprint density at radius 2 is 2.03 bits per heavy atom. The number of para-hydroxylation sites is 1. The maximum absolute atomic E-state index is 15.0. The van der Waals surface area contributed by atoms with Crippen molar-refractivity contribution in [3.8, 4) is 17.7 Å². The Hall–Kier alpha value is -3.61. The van der Waals surface area contributed by atoms with Crippen LogP contribution in [0.4, 0.5) is 4.39 Å². The van der Waals surface area contributed by atoms with Gasteiger partial charge in [-0.2, -0.15) is 5.26 Å². The summed E-state index contributed by atoms with van der Waals surface area (Å²) in [6.07, 6.45) is 5.31. The number of fused-ring (bicyclic) bond motifs is 1. The highest BCUT2D eigenvalue weighted by Gasteiger charge is 2.49. The Morgan fingerprint density at radius 3 is 2.79 bits per heavy atom. The highest BCUT2D eigenvalue weighted by atomic mass is 19.1. The molecule has 5 rings (SSSR count). The quantitative estimate of drug-likeness (QED) is 0.615. The first-order chi connectivity index (χ1) is 16.0. The van der Waals surface area contributed by atoms with Crippen LogP contribution >= 0.6 is 0 Å². The van der Waals surface area contributed by atoms with E-state index < -0.39 is 18.0 Å². The third-order valence-electron chi connectivity index (χ3n) is 6.52. The predicted octanol–water partition coefficient (Wildman–Crippen LogP) is 2.12. The smallest absolute Gasteiger partial charge is 0.257 e. The van der Waals surface area contributed by atoms with Crippen molar-refractivity contribution < 1.29 is 13.9 Å². The minimum Gasteiger partial charge on any atom is -0.454 e. The van der Waals surface area contributed by atoms with E-state index in [4.69, 9.17) is 10.5 Å². The Morgan fingerprint density at radius 1 is 1.21 bits per heavy atom. The molecule has 2 aromatic rings. The first kappa shape index (κ1) is 21.2. The lowest BCUT2D eigenvalue weighted by atomic mass is 9.85. The van der Waals surface area contributed by atoms with Gasteiger partial charge in [0.25, 0.3) is 5.91 Å². The minimum absolute atomic E-state index is 0.00927. The van der Waals surface area contributed by atoms with Crippen molar-refractivity contribution in [3.63, 3.8) is 0 Å². The normalized spacial score (nSPS) is 26.8. The van der Waals surface area contributed by atoms with Crippen molar-refractivity contribution in [2.75, 3.05) is 13.1 Å². The monoisotopic (exact) mass is 448 g/mol. The Kier molecular flexibility index (Phi) is 5.62. The molecule has 3 unspecified atom stereocenters. The average molecular weight is 449 g/mol. The maximum atomic E-state index is 15.0. The topological polar surface area (TPSA) is 107 Å². The molecule has 3 aliphatic rings. The van der Waals surface area contributed by atoms with Crippen LogP contribution in [0.1, 0.15) is 18.4 Å². The van der Waals surface area contributed by atoms with Gasteiger partial charge in [0.1, 0.15) is 11.8 Å². The third-order valence-corrected chi connectivity index (χ3v) is 6.52. The van der Waals surface area contributed by atoms with E-state index in [-0.39, 0.29) is 23.6 Å². The fourth-order valence-electron chi connectivity index (χ4n) is 4.96. The van der Waals surface area contributed by atoms with E-state index in [0.29, 0.717) is 24.4 Å². The van der Waals surface area contributed by atoms with E-state index >= 15 is 4.39 Å². The molecule has 9 heteroatoms. The molecule has 0 saturated carbocycles. The molecular weight excluding hydrogens is 423 g/mol. The fourth-order valence-corrected chi connectivity index (χ4v) is 4.96. The van der Waals surface area contributed by atoms with Crippen LogP contribution < -0.4 is 21.3 Å². The first-order valence-corrected chi connectivity index (χ1v) is 11.0. The summed E-state index contributed by atoms with van der Waals surface area (Å²) in [7, 11) is 0. The van der Waals surface area contributed by atoms with Crippen LogP contribution in [0, 0.1) is 23.2 Å².